The largest absolute Gasteiger partial charge is 0.390 e. The van der Waals surface area contributed by atoms with E-state index in [0.29, 0.717) is 5.69 Å². The number of hydrogen-bond donors (Lipinski definition) is 1. The van der Waals surface area contributed by atoms with Crippen molar-refractivity contribution in [2.45, 2.75) is 51.5 Å². The van der Waals surface area contributed by atoms with E-state index in [1.807, 2.05) is 0 Å². The summed E-state index contributed by atoms with van der Waals surface area (Å²) >= 11 is 0. The molecular weight excluding hydrogens is 194 g/mol. The van der Waals surface area contributed by atoms with Crippen LogP contribution >= 0.6 is 0 Å². The van der Waals surface area contributed by atoms with Gasteiger partial charge in [0.1, 0.15) is 5.69 Å². The number of aromatic nitrogens is 3. The van der Waals surface area contributed by atoms with E-state index in [1.54, 1.807) is 10.9 Å². The van der Waals surface area contributed by atoms with Gasteiger partial charge in [-0.15, -0.1) is 5.10 Å². The number of ether oxygens (including phenoxy) is 1. The summed E-state index contributed by atoms with van der Waals surface area (Å²) in [6, 6.07) is 0. The van der Waals surface area contributed by atoms with Crippen molar-refractivity contribution < 1.29 is 9.84 Å². The highest BCUT2D eigenvalue weighted by atomic mass is 16.5. The van der Waals surface area contributed by atoms with Gasteiger partial charge < -0.3 is 9.84 Å². The van der Waals surface area contributed by atoms with E-state index in [1.165, 1.54) is 0 Å². The van der Waals surface area contributed by atoms with Crippen LogP contribution in [0.2, 0.25) is 0 Å². The molecule has 0 radical (unpaired) electrons. The van der Waals surface area contributed by atoms with Gasteiger partial charge >= 0.3 is 0 Å². The van der Waals surface area contributed by atoms with E-state index >= 15 is 0 Å². The second-order valence-corrected chi connectivity index (χ2v) is 4.63. The van der Waals surface area contributed by atoms with E-state index in [-0.39, 0.29) is 18.3 Å². The van der Waals surface area contributed by atoms with E-state index < -0.39 is 0 Å². The molecule has 2 heterocycles. The third-order valence-corrected chi connectivity index (χ3v) is 2.69. The number of aliphatic hydroxyl groups excluding tert-OH is 1. The molecule has 1 aromatic rings. The molecule has 15 heavy (non-hydrogen) atoms. The topological polar surface area (TPSA) is 60.2 Å². The number of rotatable bonds is 3. The van der Waals surface area contributed by atoms with Gasteiger partial charge in [0, 0.05) is 0 Å². The molecule has 5 heteroatoms. The van der Waals surface area contributed by atoms with E-state index in [2.05, 4.69) is 24.2 Å². The van der Waals surface area contributed by atoms with Crippen LogP contribution in [0, 0.1) is 0 Å². The van der Waals surface area contributed by atoms with Gasteiger partial charge in [0.15, 0.2) is 0 Å². The van der Waals surface area contributed by atoms with E-state index in [4.69, 9.17) is 9.84 Å². The molecule has 0 spiro atoms. The van der Waals surface area contributed by atoms with E-state index in [9.17, 15) is 0 Å². The standard InChI is InChI=1S/C10H17N3O2/c1-10(2)4-3-9(15-10)6-13-5-8(7-14)11-12-13/h5,9,14H,3-4,6-7H2,1-2H3. The van der Waals surface area contributed by atoms with Crippen LogP contribution < -0.4 is 0 Å². The van der Waals surface area contributed by atoms with Gasteiger partial charge in [-0.05, 0) is 26.7 Å². The normalized spacial score (nSPS) is 24.6. The minimum atomic E-state index is -0.0585. The fourth-order valence-electron chi connectivity index (χ4n) is 1.92. The Labute approximate surface area is 89.0 Å². The highest BCUT2D eigenvalue weighted by Crippen LogP contribution is 2.29. The summed E-state index contributed by atoms with van der Waals surface area (Å²) < 4.78 is 7.58. The third kappa shape index (κ3) is 2.54. The first-order chi connectivity index (χ1) is 7.09. The summed E-state index contributed by atoms with van der Waals surface area (Å²) in [5, 5.41) is 16.6. The average molecular weight is 211 g/mol. The maximum atomic E-state index is 8.85. The molecule has 1 aliphatic rings. The van der Waals surface area contributed by atoms with Crippen LogP contribution in [0.25, 0.3) is 0 Å². The molecule has 1 fully saturated rings. The quantitative estimate of drug-likeness (QED) is 0.800. The zero-order valence-electron chi connectivity index (χ0n) is 9.18. The summed E-state index contributed by atoms with van der Waals surface area (Å²) in [5.41, 5.74) is 0.595. The summed E-state index contributed by atoms with van der Waals surface area (Å²) in [7, 11) is 0. The van der Waals surface area contributed by atoms with Crippen molar-refractivity contribution in [3.05, 3.63) is 11.9 Å². The van der Waals surface area contributed by atoms with Crippen LogP contribution in [0.3, 0.4) is 0 Å². The summed E-state index contributed by atoms with van der Waals surface area (Å²) in [4.78, 5) is 0. The second kappa shape index (κ2) is 3.90. The van der Waals surface area contributed by atoms with Gasteiger partial charge in [0.25, 0.3) is 0 Å². The lowest BCUT2D eigenvalue weighted by molar-refractivity contribution is -0.0231. The van der Waals surface area contributed by atoms with Crippen LogP contribution in [0.5, 0.6) is 0 Å². The van der Waals surface area contributed by atoms with Crippen LogP contribution in [-0.4, -0.2) is 31.8 Å². The van der Waals surface area contributed by atoms with Gasteiger partial charge in [0.05, 0.1) is 31.1 Å². The number of hydrogen-bond acceptors (Lipinski definition) is 4. The van der Waals surface area contributed by atoms with Crippen molar-refractivity contribution in [1.82, 2.24) is 15.0 Å². The minimum absolute atomic E-state index is 0.00887. The molecule has 1 atom stereocenters. The first-order valence-electron chi connectivity index (χ1n) is 5.27. The highest BCUT2D eigenvalue weighted by molar-refractivity contribution is 4.90. The Bertz CT molecular complexity index is 335. The molecular formula is C10H17N3O2. The van der Waals surface area contributed by atoms with Crippen molar-refractivity contribution in [1.29, 1.82) is 0 Å². The molecule has 0 saturated carbocycles. The molecule has 0 aromatic carbocycles. The Morgan fingerprint density at radius 2 is 2.47 bits per heavy atom. The summed E-state index contributed by atoms with van der Waals surface area (Å²) in [5.74, 6) is 0. The molecule has 1 N–H and O–H groups in total. The highest BCUT2D eigenvalue weighted by Gasteiger charge is 2.31. The monoisotopic (exact) mass is 211 g/mol. The Balaban J connectivity index is 1.92. The predicted molar refractivity (Wildman–Crippen MR) is 54.1 cm³/mol. The molecule has 0 amide bonds. The summed E-state index contributed by atoms with van der Waals surface area (Å²) in [6.07, 6.45) is 4.11. The fraction of sp³-hybridized carbons (Fsp3) is 0.800. The SMILES string of the molecule is CC1(C)CCC(Cn2cc(CO)nn2)O1. The zero-order valence-corrected chi connectivity index (χ0v) is 9.18. The second-order valence-electron chi connectivity index (χ2n) is 4.63. The van der Waals surface area contributed by atoms with Gasteiger partial charge in [-0.25, -0.2) is 4.68 Å². The maximum Gasteiger partial charge on any atom is 0.108 e. The molecule has 1 saturated heterocycles. The van der Waals surface area contributed by atoms with Crippen LogP contribution in [-0.2, 0) is 17.9 Å². The van der Waals surface area contributed by atoms with Crippen LogP contribution in [0.4, 0.5) is 0 Å². The van der Waals surface area contributed by atoms with Crippen molar-refractivity contribution in [3.63, 3.8) is 0 Å². The molecule has 1 aromatic heterocycles. The predicted octanol–water partition coefficient (Wildman–Crippen LogP) is 0.728. The lowest BCUT2D eigenvalue weighted by Crippen LogP contribution is -2.23. The Hall–Kier alpha value is -0.940. The maximum absolute atomic E-state index is 8.85. The molecule has 1 unspecified atom stereocenters. The molecule has 1 aliphatic heterocycles. The third-order valence-electron chi connectivity index (χ3n) is 2.69. The van der Waals surface area contributed by atoms with Gasteiger partial charge in [-0.2, -0.15) is 0 Å². The van der Waals surface area contributed by atoms with Gasteiger partial charge in [-0.3, -0.25) is 0 Å². The molecule has 0 aliphatic carbocycles. The average Bonchev–Trinajstić information content (AvgIpc) is 2.73. The molecule has 0 bridgehead atoms. The van der Waals surface area contributed by atoms with E-state index in [0.717, 1.165) is 19.4 Å². The number of nitrogens with zero attached hydrogens (tertiary/aromatic N) is 3. The van der Waals surface area contributed by atoms with Crippen molar-refractivity contribution in [3.8, 4) is 0 Å². The fourth-order valence-corrected chi connectivity index (χ4v) is 1.92. The van der Waals surface area contributed by atoms with Crippen molar-refractivity contribution in [2.75, 3.05) is 0 Å². The zero-order chi connectivity index (χ0) is 10.9. The Morgan fingerprint density at radius 3 is 3.00 bits per heavy atom. The Morgan fingerprint density at radius 1 is 1.67 bits per heavy atom. The smallest absolute Gasteiger partial charge is 0.108 e. The Kier molecular flexibility index (Phi) is 2.75. The first-order valence-corrected chi connectivity index (χ1v) is 5.27. The lowest BCUT2D eigenvalue weighted by Gasteiger charge is -2.18. The van der Waals surface area contributed by atoms with Gasteiger partial charge in [-0.1, -0.05) is 5.21 Å². The number of aliphatic hydroxyl groups is 1. The van der Waals surface area contributed by atoms with Crippen LogP contribution in [0.15, 0.2) is 6.20 Å². The van der Waals surface area contributed by atoms with Gasteiger partial charge in [0.2, 0.25) is 0 Å². The van der Waals surface area contributed by atoms with Crippen molar-refractivity contribution >= 4 is 0 Å². The van der Waals surface area contributed by atoms with Crippen molar-refractivity contribution in [2.24, 2.45) is 0 Å². The molecule has 2 rings (SSSR count). The minimum Gasteiger partial charge on any atom is -0.390 e. The lowest BCUT2D eigenvalue weighted by atomic mass is 10.1. The molecule has 5 nitrogen and oxygen atoms in total. The summed E-state index contributed by atoms with van der Waals surface area (Å²) in [6.45, 7) is 4.87. The first kappa shape index (κ1) is 10.6. The molecule has 84 valence electrons. The van der Waals surface area contributed by atoms with Crippen LogP contribution in [0.1, 0.15) is 32.4 Å².